The number of carbonyl (C=O) groups excluding carboxylic acids is 3. The fourth-order valence-electron chi connectivity index (χ4n) is 5.54. The van der Waals surface area contributed by atoms with Gasteiger partial charge in [0.05, 0.1) is 25.8 Å². The highest BCUT2D eigenvalue weighted by Crippen LogP contribution is 2.52. The van der Waals surface area contributed by atoms with Crippen molar-refractivity contribution < 1.29 is 34.1 Å². The predicted octanol–water partition coefficient (Wildman–Crippen LogP) is 0.355. The second-order valence-electron chi connectivity index (χ2n) is 8.64. The van der Waals surface area contributed by atoms with Crippen molar-refractivity contribution in [3.63, 3.8) is 0 Å². The fourth-order valence-corrected chi connectivity index (χ4v) is 5.54. The first-order valence-corrected chi connectivity index (χ1v) is 10.2. The van der Waals surface area contributed by atoms with Gasteiger partial charge in [-0.3, -0.25) is 19.3 Å². The Hall–Kier alpha value is -3.17. The van der Waals surface area contributed by atoms with E-state index in [1.54, 1.807) is 31.1 Å². The second-order valence-corrected chi connectivity index (χ2v) is 8.64. The lowest BCUT2D eigenvalue weighted by molar-refractivity contribution is -0.162. The highest BCUT2D eigenvalue weighted by molar-refractivity contribution is 6.33. The van der Waals surface area contributed by atoms with E-state index in [9.17, 15) is 24.6 Å². The number of fused-ring (bicyclic) bond motifs is 3. The topological polar surface area (TPSA) is 139 Å². The van der Waals surface area contributed by atoms with Crippen LogP contribution in [0.5, 0.6) is 5.75 Å². The minimum atomic E-state index is -2.55. The zero-order chi connectivity index (χ0) is 23.5. The van der Waals surface area contributed by atoms with Gasteiger partial charge in [0.2, 0.25) is 11.6 Å². The predicted molar refractivity (Wildman–Crippen MR) is 114 cm³/mol. The van der Waals surface area contributed by atoms with Crippen LogP contribution in [0, 0.1) is 11.8 Å². The van der Waals surface area contributed by atoms with Crippen molar-refractivity contribution in [1.29, 1.82) is 0 Å². The highest BCUT2D eigenvalue weighted by Gasteiger charge is 2.65. The molecule has 1 aromatic rings. The summed E-state index contributed by atoms with van der Waals surface area (Å²) in [6, 6.07) is 4.56. The van der Waals surface area contributed by atoms with Crippen LogP contribution in [0.4, 0.5) is 0 Å². The summed E-state index contributed by atoms with van der Waals surface area (Å²) in [7, 11) is 6.17. The first kappa shape index (κ1) is 22.0. The van der Waals surface area contributed by atoms with Crippen LogP contribution in [0.3, 0.4) is 0 Å². The molecule has 0 aromatic heterocycles. The summed E-state index contributed by atoms with van der Waals surface area (Å²) < 4.78 is 10.7. The van der Waals surface area contributed by atoms with E-state index in [1.165, 1.54) is 14.2 Å². The molecule has 4 unspecified atom stereocenters. The average Bonchev–Trinajstić information content (AvgIpc) is 2.74. The summed E-state index contributed by atoms with van der Waals surface area (Å²) >= 11 is 0. The smallest absolute Gasteiger partial charge is 0.255 e. The van der Waals surface area contributed by atoms with Gasteiger partial charge in [-0.1, -0.05) is 12.1 Å². The minimum absolute atomic E-state index is 0.0312. The Morgan fingerprint density at radius 2 is 1.88 bits per heavy atom. The van der Waals surface area contributed by atoms with Crippen LogP contribution >= 0.6 is 0 Å². The van der Waals surface area contributed by atoms with Gasteiger partial charge in [0.25, 0.3) is 5.91 Å². The maximum Gasteiger partial charge on any atom is 0.255 e. The zero-order valence-corrected chi connectivity index (χ0v) is 18.3. The van der Waals surface area contributed by atoms with E-state index in [0.717, 1.165) is 5.56 Å². The number of hydrogen-bond donors (Lipinski definition) is 3. The lowest BCUT2D eigenvalue weighted by Crippen LogP contribution is -2.67. The van der Waals surface area contributed by atoms with Crippen LogP contribution in [0.2, 0.25) is 0 Å². The average molecular weight is 442 g/mol. The largest absolute Gasteiger partial charge is 0.507 e. The molecule has 32 heavy (non-hydrogen) atoms. The number of ether oxygens (including phenoxy) is 2. The zero-order valence-electron chi connectivity index (χ0n) is 18.3. The third-order valence-electron chi connectivity index (χ3n) is 6.86. The van der Waals surface area contributed by atoms with Gasteiger partial charge < -0.3 is 25.4 Å². The first-order chi connectivity index (χ1) is 15.1. The number of hydrogen-bond acceptors (Lipinski definition) is 8. The second kappa shape index (κ2) is 7.46. The SMILES string of the molecule is COC1=C(C(N)=O)C(=O)C2(O)C(=O)C3=C(O)c4c(cccc4OC)CC3CC2C1N(C)C. The van der Waals surface area contributed by atoms with E-state index in [0.29, 0.717) is 17.7 Å². The molecule has 4 rings (SSSR count). The molecule has 1 amide bonds. The van der Waals surface area contributed by atoms with Crippen LogP contribution in [-0.2, 0) is 25.5 Å². The summed E-state index contributed by atoms with van der Waals surface area (Å²) in [5.41, 5.74) is 3.50. The van der Waals surface area contributed by atoms with Gasteiger partial charge in [0.1, 0.15) is 22.8 Å². The van der Waals surface area contributed by atoms with Crippen molar-refractivity contribution >= 4 is 23.2 Å². The van der Waals surface area contributed by atoms with Gasteiger partial charge in [0.15, 0.2) is 5.60 Å². The molecular weight excluding hydrogens is 416 g/mol. The Bertz CT molecular complexity index is 1100. The van der Waals surface area contributed by atoms with E-state index in [1.807, 2.05) is 6.07 Å². The number of aliphatic hydroxyl groups excluding tert-OH is 1. The number of Topliss-reactive ketones (excluding diaryl/α,β-unsaturated/α-hetero) is 2. The van der Waals surface area contributed by atoms with Crippen LogP contribution in [0.25, 0.3) is 5.76 Å². The molecule has 1 saturated carbocycles. The van der Waals surface area contributed by atoms with Crippen LogP contribution in [0.15, 0.2) is 35.1 Å². The van der Waals surface area contributed by atoms with Crippen molar-refractivity contribution in [2.24, 2.45) is 17.6 Å². The summed E-state index contributed by atoms with van der Waals surface area (Å²) in [5.74, 6) is -4.34. The summed E-state index contributed by atoms with van der Waals surface area (Å²) in [4.78, 5) is 40.9. The molecule has 3 aliphatic rings. The maximum absolute atomic E-state index is 13.7. The van der Waals surface area contributed by atoms with Crippen molar-refractivity contribution in [3.05, 3.63) is 46.2 Å². The van der Waals surface area contributed by atoms with Gasteiger partial charge in [-0.05, 0) is 44.5 Å². The van der Waals surface area contributed by atoms with Gasteiger partial charge >= 0.3 is 0 Å². The number of ketones is 2. The van der Waals surface area contributed by atoms with Crippen LogP contribution in [-0.4, -0.2) is 72.5 Å². The van der Waals surface area contributed by atoms with Crippen molar-refractivity contribution in [3.8, 4) is 5.75 Å². The van der Waals surface area contributed by atoms with Crippen LogP contribution in [0.1, 0.15) is 17.5 Å². The van der Waals surface area contributed by atoms with Gasteiger partial charge in [-0.25, -0.2) is 0 Å². The quantitative estimate of drug-likeness (QED) is 0.449. The minimum Gasteiger partial charge on any atom is -0.507 e. The van der Waals surface area contributed by atoms with E-state index >= 15 is 0 Å². The highest BCUT2D eigenvalue weighted by atomic mass is 16.5. The number of aliphatic hydroxyl groups is 2. The molecule has 0 saturated heterocycles. The number of benzene rings is 1. The van der Waals surface area contributed by atoms with Gasteiger partial charge in [0, 0.05) is 11.5 Å². The Labute approximate surface area is 185 Å². The molecule has 0 bridgehead atoms. The number of primary amides is 1. The normalized spacial score (nSPS) is 29.5. The molecule has 0 spiro atoms. The molecule has 4 atom stereocenters. The number of rotatable bonds is 4. The first-order valence-electron chi connectivity index (χ1n) is 10.2. The maximum atomic E-state index is 13.7. The monoisotopic (exact) mass is 442 g/mol. The molecule has 4 N–H and O–H groups in total. The number of nitrogens with two attached hydrogens (primary N) is 1. The molecule has 0 heterocycles. The van der Waals surface area contributed by atoms with E-state index in [4.69, 9.17) is 15.2 Å². The van der Waals surface area contributed by atoms with Gasteiger partial charge in [-0.2, -0.15) is 0 Å². The van der Waals surface area contributed by atoms with Crippen molar-refractivity contribution in [2.75, 3.05) is 28.3 Å². The van der Waals surface area contributed by atoms with Crippen LogP contribution < -0.4 is 10.5 Å². The molecule has 9 nitrogen and oxygen atoms in total. The Morgan fingerprint density at radius 1 is 1.19 bits per heavy atom. The molecule has 1 aromatic carbocycles. The molecule has 1 fully saturated rings. The molecule has 3 aliphatic carbocycles. The Kier molecular flexibility index (Phi) is 5.14. The Balaban J connectivity index is 1.96. The fraction of sp³-hybridized carbons (Fsp3) is 0.435. The van der Waals surface area contributed by atoms with E-state index in [-0.39, 0.29) is 23.5 Å². The molecule has 170 valence electrons. The molecular formula is C23H26N2O7. The summed E-state index contributed by atoms with van der Waals surface area (Å²) in [6.07, 6.45) is 0.638. The number of likely N-dealkylation sites (N-methyl/N-ethyl adjacent to an activating group) is 1. The number of nitrogens with zero attached hydrogens (tertiary/aromatic N) is 1. The van der Waals surface area contributed by atoms with E-state index in [2.05, 4.69) is 0 Å². The molecule has 0 radical (unpaired) electrons. The van der Waals surface area contributed by atoms with E-state index < -0.39 is 46.5 Å². The molecule has 0 aliphatic heterocycles. The third-order valence-corrected chi connectivity index (χ3v) is 6.86. The molecule has 9 heteroatoms. The number of methoxy groups -OCH3 is 2. The van der Waals surface area contributed by atoms with Gasteiger partial charge in [-0.15, -0.1) is 0 Å². The van der Waals surface area contributed by atoms with Crippen molar-refractivity contribution in [1.82, 2.24) is 4.90 Å². The standard InChI is InChI=1S/C23H26N2O7/c1-25(2)17-12-9-11-8-10-6-5-7-13(31-3)14(10)18(26)15(11)20(27)23(12,30)21(28)16(22(24)29)19(17)32-4/h5-7,11-12,17,26,30H,8-9H2,1-4H3,(H2,24,29). The lowest BCUT2D eigenvalue weighted by Gasteiger charge is -2.50. The lowest BCUT2D eigenvalue weighted by atomic mass is 9.57. The summed E-state index contributed by atoms with van der Waals surface area (Å²) in [5, 5.41) is 22.7. The number of amides is 1. The summed E-state index contributed by atoms with van der Waals surface area (Å²) in [6.45, 7) is 0. The van der Waals surface area contributed by atoms with Crippen molar-refractivity contribution in [2.45, 2.75) is 24.5 Å². The Morgan fingerprint density at radius 3 is 2.44 bits per heavy atom. The third kappa shape index (κ3) is 2.74. The number of carbonyl (C=O) groups is 3.